The quantitative estimate of drug-likeness (QED) is 0.826. The Bertz CT molecular complexity index is 361. The van der Waals surface area contributed by atoms with Gasteiger partial charge in [0.2, 0.25) is 0 Å². The third-order valence-corrected chi connectivity index (χ3v) is 2.92. The van der Waals surface area contributed by atoms with Crippen LogP contribution in [0.15, 0.2) is 18.2 Å². The lowest BCUT2D eigenvalue weighted by Gasteiger charge is -2.23. The number of halogens is 1. The molecule has 2 nitrogen and oxygen atoms in total. The number of hydrogen-bond acceptors (Lipinski definition) is 2. The second-order valence-corrected chi connectivity index (χ2v) is 4.20. The van der Waals surface area contributed by atoms with Crippen molar-refractivity contribution in [1.82, 2.24) is 0 Å². The summed E-state index contributed by atoms with van der Waals surface area (Å²) in [5.41, 5.74) is 1.22. The van der Waals surface area contributed by atoms with Gasteiger partial charge in [-0.1, -0.05) is 12.1 Å². The first-order valence-electron chi connectivity index (χ1n) is 5.30. The Hall–Kier alpha value is -1.09. The molecule has 1 aromatic carbocycles. The second-order valence-electron chi connectivity index (χ2n) is 4.20. The van der Waals surface area contributed by atoms with E-state index in [0.717, 1.165) is 12.8 Å². The van der Waals surface area contributed by atoms with Gasteiger partial charge in [0.15, 0.2) is 0 Å². The van der Waals surface area contributed by atoms with Crippen LogP contribution in [0.3, 0.4) is 0 Å². The fourth-order valence-electron chi connectivity index (χ4n) is 1.89. The molecule has 1 saturated carbocycles. The summed E-state index contributed by atoms with van der Waals surface area (Å²) in [6, 6.07) is 5.31. The number of para-hydroxylation sites is 1. The fourth-order valence-corrected chi connectivity index (χ4v) is 1.89. The molecule has 1 fully saturated rings. The minimum Gasteiger partial charge on any atom is -0.389 e. The van der Waals surface area contributed by atoms with E-state index in [9.17, 15) is 9.50 Å². The second kappa shape index (κ2) is 3.81. The van der Waals surface area contributed by atoms with Crippen molar-refractivity contribution in [1.29, 1.82) is 0 Å². The molecule has 15 heavy (non-hydrogen) atoms. The van der Waals surface area contributed by atoms with Gasteiger partial charge in [0, 0.05) is 18.7 Å². The van der Waals surface area contributed by atoms with Crippen molar-refractivity contribution in [3.63, 3.8) is 0 Å². The largest absolute Gasteiger partial charge is 0.389 e. The molecule has 1 N–H and O–H groups in total. The topological polar surface area (TPSA) is 23.5 Å². The van der Waals surface area contributed by atoms with Crippen LogP contribution in [0.5, 0.6) is 0 Å². The van der Waals surface area contributed by atoms with Gasteiger partial charge >= 0.3 is 0 Å². The number of nitrogens with zero attached hydrogens (tertiary/aromatic N) is 1. The molecule has 1 aliphatic rings. The number of benzene rings is 1. The molecule has 82 valence electrons. The van der Waals surface area contributed by atoms with E-state index in [0.29, 0.717) is 17.3 Å². The Labute approximate surface area is 89.3 Å². The average Bonchev–Trinajstić information content (AvgIpc) is 2.99. The van der Waals surface area contributed by atoms with Gasteiger partial charge in [-0.25, -0.2) is 4.39 Å². The highest BCUT2D eigenvalue weighted by Gasteiger charge is 2.29. The summed E-state index contributed by atoms with van der Waals surface area (Å²) in [4.78, 5) is 1.94. The zero-order chi connectivity index (χ0) is 11.0. The summed E-state index contributed by atoms with van der Waals surface area (Å²) in [5.74, 6) is -0.247. The van der Waals surface area contributed by atoms with Gasteiger partial charge in [-0.2, -0.15) is 0 Å². The van der Waals surface area contributed by atoms with Crippen LogP contribution < -0.4 is 4.90 Å². The average molecular weight is 209 g/mol. The molecule has 3 heteroatoms. The van der Waals surface area contributed by atoms with Crippen LogP contribution >= 0.6 is 0 Å². The molecule has 0 bridgehead atoms. The predicted molar refractivity (Wildman–Crippen MR) is 58.5 cm³/mol. The Kier molecular flexibility index (Phi) is 2.65. The van der Waals surface area contributed by atoms with Crippen molar-refractivity contribution < 1.29 is 9.50 Å². The van der Waals surface area contributed by atoms with Crippen LogP contribution in [0.1, 0.15) is 31.4 Å². The van der Waals surface area contributed by atoms with Gasteiger partial charge in [0.05, 0.1) is 11.8 Å². The zero-order valence-electron chi connectivity index (χ0n) is 9.07. The lowest BCUT2D eigenvalue weighted by Crippen LogP contribution is -2.22. The molecular formula is C12H16FNO. The smallest absolute Gasteiger partial charge is 0.146 e. The van der Waals surface area contributed by atoms with E-state index in [1.807, 2.05) is 11.9 Å². The lowest BCUT2D eigenvalue weighted by molar-refractivity contribution is 0.199. The molecule has 0 aromatic heterocycles. The van der Waals surface area contributed by atoms with Gasteiger partial charge < -0.3 is 10.0 Å². The molecule has 1 aromatic rings. The Morgan fingerprint density at radius 3 is 2.67 bits per heavy atom. The SMILES string of the molecule is CC(O)c1cccc(F)c1N(C)C1CC1. The van der Waals surface area contributed by atoms with Crippen LogP contribution in [0.25, 0.3) is 0 Å². The van der Waals surface area contributed by atoms with Gasteiger partial charge in [-0.15, -0.1) is 0 Å². The predicted octanol–water partition coefficient (Wildman–Crippen LogP) is 2.48. The van der Waals surface area contributed by atoms with E-state index >= 15 is 0 Å². The van der Waals surface area contributed by atoms with Crippen LogP contribution in [0, 0.1) is 5.82 Å². The molecule has 0 heterocycles. The highest BCUT2D eigenvalue weighted by Crippen LogP contribution is 2.35. The zero-order valence-corrected chi connectivity index (χ0v) is 9.07. The molecule has 0 radical (unpaired) electrons. The third kappa shape index (κ3) is 1.97. The molecule has 1 atom stereocenters. The van der Waals surface area contributed by atoms with E-state index < -0.39 is 6.10 Å². The number of hydrogen-bond donors (Lipinski definition) is 1. The van der Waals surface area contributed by atoms with Gasteiger partial charge in [-0.3, -0.25) is 0 Å². The molecule has 0 spiro atoms. The highest BCUT2D eigenvalue weighted by atomic mass is 19.1. The molecule has 1 unspecified atom stereocenters. The number of rotatable bonds is 3. The van der Waals surface area contributed by atoms with Gasteiger partial charge in [0.25, 0.3) is 0 Å². The summed E-state index contributed by atoms with van der Waals surface area (Å²) >= 11 is 0. The van der Waals surface area contributed by atoms with Gasteiger partial charge in [0.1, 0.15) is 5.82 Å². The van der Waals surface area contributed by atoms with Crippen molar-refractivity contribution in [2.45, 2.75) is 31.9 Å². The van der Waals surface area contributed by atoms with Crippen LogP contribution in [-0.2, 0) is 0 Å². The molecule has 0 amide bonds. The van der Waals surface area contributed by atoms with Crippen molar-refractivity contribution in [2.24, 2.45) is 0 Å². The number of aliphatic hydroxyl groups excluding tert-OH is 1. The highest BCUT2D eigenvalue weighted by molar-refractivity contribution is 5.56. The summed E-state index contributed by atoms with van der Waals surface area (Å²) in [7, 11) is 1.89. The van der Waals surface area contributed by atoms with Crippen LogP contribution in [-0.4, -0.2) is 18.2 Å². The monoisotopic (exact) mass is 209 g/mol. The number of aliphatic hydroxyl groups is 1. The Balaban J connectivity index is 2.41. The van der Waals surface area contributed by atoms with Crippen molar-refractivity contribution >= 4 is 5.69 Å². The molecule has 1 aliphatic carbocycles. The molecular weight excluding hydrogens is 193 g/mol. The van der Waals surface area contributed by atoms with Crippen molar-refractivity contribution in [3.8, 4) is 0 Å². The summed E-state index contributed by atoms with van der Waals surface area (Å²) in [6.07, 6.45) is 1.60. The first kappa shape index (κ1) is 10.4. The Morgan fingerprint density at radius 1 is 1.47 bits per heavy atom. The Morgan fingerprint density at radius 2 is 2.13 bits per heavy atom. The maximum Gasteiger partial charge on any atom is 0.146 e. The van der Waals surface area contributed by atoms with E-state index in [-0.39, 0.29) is 5.82 Å². The lowest BCUT2D eigenvalue weighted by atomic mass is 10.1. The molecule has 2 rings (SSSR count). The first-order chi connectivity index (χ1) is 7.11. The molecule has 0 aliphatic heterocycles. The maximum atomic E-state index is 13.7. The standard InChI is InChI=1S/C12H16FNO/c1-8(15)10-4-3-5-11(13)12(10)14(2)9-6-7-9/h3-5,8-9,15H,6-7H2,1-2H3. The minimum absolute atomic E-state index is 0.247. The third-order valence-electron chi connectivity index (χ3n) is 2.92. The number of anilines is 1. The first-order valence-corrected chi connectivity index (χ1v) is 5.30. The summed E-state index contributed by atoms with van der Waals surface area (Å²) in [5, 5.41) is 9.59. The maximum absolute atomic E-state index is 13.7. The minimum atomic E-state index is -0.628. The van der Waals surface area contributed by atoms with Crippen molar-refractivity contribution in [3.05, 3.63) is 29.6 Å². The van der Waals surface area contributed by atoms with Crippen molar-refractivity contribution in [2.75, 3.05) is 11.9 Å². The van der Waals surface area contributed by atoms with E-state index in [2.05, 4.69) is 0 Å². The van der Waals surface area contributed by atoms with Crippen LogP contribution in [0.4, 0.5) is 10.1 Å². The van der Waals surface area contributed by atoms with E-state index in [4.69, 9.17) is 0 Å². The summed E-state index contributed by atoms with van der Waals surface area (Å²) < 4.78 is 13.7. The normalized spacial score (nSPS) is 17.6. The summed E-state index contributed by atoms with van der Waals surface area (Å²) in [6.45, 7) is 1.67. The van der Waals surface area contributed by atoms with Crippen LogP contribution in [0.2, 0.25) is 0 Å². The van der Waals surface area contributed by atoms with E-state index in [1.165, 1.54) is 6.07 Å². The van der Waals surface area contributed by atoms with Gasteiger partial charge in [-0.05, 0) is 25.8 Å². The molecule has 0 saturated heterocycles. The fraction of sp³-hybridized carbons (Fsp3) is 0.500. The van der Waals surface area contributed by atoms with E-state index in [1.54, 1.807) is 19.1 Å².